The highest BCUT2D eigenvalue weighted by Crippen LogP contribution is 2.29. The van der Waals surface area contributed by atoms with E-state index in [2.05, 4.69) is 17.6 Å². The summed E-state index contributed by atoms with van der Waals surface area (Å²) in [5, 5.41) is 16.9. The van der Waals surface area contributed by atoms with Crippen LogP contribution < -0.4 is 15.4 Å². The van der Waals surface area contributed by atoms with Crippen LogP contribution in [0.2, 0.25) is 0 Å². The molecular formula is C14H19N3O4. The van der Waals surface area contributed by atoms with Gasteiger partial charge in [-0.2, -0.15) is 0 Å². The Balaban J connectivity index is 2.14. The van der Waals surface area contributed by atoms with Crippen LogP contribution in [0.1, 0.15) is 19.8 Å². The number of hydrogen-bond acceptors (Lipinski definition) is 5. The van der Waals surface area contributed by atoms with E-state index in [1.54, 1.807) is 6.07 Å². The molecule has 7 nitrogen and oxygen atoms in total. The van der Waals surface area contributed by atoms with Gasteiger partial charge in [0.05, 0.1) is 24.1 Å². The molecule has 114 valence electrons. The fourth-order valence-electron chi connectivity index (χ4n) is 2.42. The monoisotopic (exact) mass is 293 g/mol. The number of hydrogen-bond donors (Lipinski definition) is 2. The van der Waals surface area contributed by atoms with Crippen molar-refractivity contribution in [3.63, 3.8) is 0 Å². The summed E-state index contributed by atoms with van der Waals surface area (Å²) in [6.07, 6.45) is 1.77. The summed E-state index contributed by atoms with van der Waals surface area (Å²) in [6, 6.07) is 4.06. The Kier molecular flexibility index (Phi) is 4.74. The van der Waals surface area contributed by atoms with E-state index in [0.717, 1.165) is 19.4 Å². The fraction of sp³-hybridized carbons (Fsp3) is 0.500. The zero-order valence-corrected chi connectivity index (χ0v) is 12.1. The second kappa shape index (κ2) is 6.53. The molecule has 1 amide bonds. The van der Waals surface area contributed by atoms with Gasteiger partial charge in [-0.1, -0.05) is 6.92 Å². The molecule has 1 aliphatic rings. The van der Waals surface area contributed by atoms with E-state index in [4.69, 9.17) is 4.74 Å². The van der Waals surface area contributed by atoms with E-state index in [9.17, 15) is 14.9 Å². The van der Waals surface area contributed by atoms with Crippen LogP contribution in [0.4, 0.5) is 11.4 Å². The number of piperidine rings is 1. The van der Waals surface area contributed by atoms with Crippen LogP contribution in [-0.2, 0) is 4.79 Å². The molecule has 1 heterocycles. The molecule has 0 spiro atoms. The molecule has 1 aromatic carbocycles. The molecule has 1 aromatic rings. The van der Waals surface area contributed by atoms with Crippen molar-refractivity contribution in [2.75, 3.05) is 19.0 Å². The molecule has 2 rings (SSSR count). The first-order chi connectivity index (χ1) is 10.0. The number of rotatable bonds is 4. The van der Waals surface area contributed by atoms with Crippen molar-refractivity contribution in [2.45, 2.75) is 25.8 Å². The minimum Gasteiger partial charge on any atom is -0.496 e. The van der Waals surface area contributed by atoms with Gasteiger partial charge >= 0.3 is 0 Å². The zero-order valence-electron chi connectivity index (χ0n) is 12.1. The Morgan fingerprint density at radius 3 is 2.90 bits per heavy atom. The first-order valence-corrected chi connectivity index (χ1v) is 6.88. The lowest BCUT2D eigenvalue weighted by Gasteiger charge is -2.27. The van der Waals surface area contributed by atoms with Gasteiger partial charge in [0, 0.05) is 0 Å². The lowest BCUT2D eigenvalue weighted by atomic mass is 9.94. The number of nitro benzene ring substituents is 1. The van der Waals surface area contributed by atoms with Crippen LogP contribution in [0.15, 0.2) is 18.2 Å². The van der Waals surface area contributed by atoms with Crippen molar-refractivity contribution in [1.82, 2.24) is 5.32 Å². The second-order valence-corrected chi connectivity index (χ2v) is 5.27. The molecule has 2 atom stereocenters. The van der Waals surface area contributed by atoms with Crippen LogP contribution in [0.25, 0.3) is 0 Å². The predicted octanol–water partition coefficient (Wildman–Crippen LogP) is 1.93. The van der Waals surface area contributed by atoms with E-state index < -0.39 is 4.92 Å². The summed E-state index contributed by atoms with van der Waals surface area (Å²) in [4.78, 5) is 22.8. The molecule has 0 saturated carbocycles. The highest BCUT2D eigenvalue weighted by Gasteiger charge is 2.26. The van der Waals surface area contributed by atoms with Gasteiger partial charge in [-0.15, -0.1) is 0 Å². The van der Waals surface area contributed by atoms with Gasteiger partial charge in [0.1, 0.15) is 11.4 Å². The van der Waals surface area contributed by atoms with Crippen molar-refractivity contribution in [2.24, 2.45) is 5.92 Å². The van der Waals surface area contributed by atoms with E-state index >= 15 is 0 Å². The Bertz CT molecular complexity index is 547. The first-order valence-electron chi connectivity index (χ1n) is 6.88. The molecule has 0 radical (unpaired) electrons. The largest absolute Gasteiger partial charge is 0.496 e. The second-order valence-electron chi connectivity index (χ2n) is 5.27. The number of methoxy groups -OCH3 is 1. The topological polar surface area (TPSA) is 93.5 Å². The van der Waals surface area contributed by atoms with Gasteiger partial charge in [0.2, 0.25) is 5.91 Å². The normalized spacial score (nSPS) is 21.6. The van der Waals surface area contributed by atoms with Gasteiger partial charge in [0.15, 0.2) is 0 Å². The standard InChI is InChI=1S/C14H19N3O4/c1-9-5-6-15-12(7-9)14(18)16-11-4-3-10(21-2)8-13(11)17(19)20/h3-4,8-9,12,15H,5-7H2,1-2H3,(H,16,18). The van der Waals surface area contributed by atoms with E-state index in [-0.39, 0.29) is 23.3 Å². The van der Waals surface area contributed by atoms with Crippen LogP contribution in [0, 0.1) is 16.0 Å². The van der Waals surface area contributed by atoms with Gasteiger partial charge < -0.3 is 15.4 Å². The van der Waals surface area contributed by atoms with Crippen LogP contribution in [-0.4, -0.2) is 30.5 Å². The number of carbonyl (C=O) groups excluding carboxylic acids is 1. The van der Waals surface area contributed by atoms with Crippen LogP contribution in [0.5, 0.6) is 5.75 Å². The highest BCUT2D eigenvalue weighted by atomic mass is 16.6. The number of nitrogens with one attached hydrogen (secondary N) is 2. The number of amides is 1. The molecule has 7 heteroatoms. The van der Waals surface area contributed by atoms with Crippen molar-refractivity contribution >= 4 is 17.3 Å². The van der Waals surface area contributed by atoms with E-state index in [1.165, 1.54) is 19.2 Å². The maximum atomic E-state index is 12.2. The Hall–Kier alpha value is -2.15. The van der Waals surface area contributed by atoms with Crippen molar-refractivity contribution in [3.8, 4) is 5.75 Å². The van der Waals surface area contributed by atoms with Crippen molar-refractivity contribution in [1.29, 1.82) is 0 Å². The Labute approximate surface area is 122 Å². The number of anilines is 1. The molecule has 21 heavy (non-hydrogen) atoms. The SMILES string of the molecule is COc1ccc(NC(=O)C2CC(C)CCN2)c([N+](=O)[O-])c1. The van der Waals surface area contributed by atoms with E-state index in [1.807, 2.05) is 0 Å². The van der Waals surface area contributed by atoms with Crippen LogP contribution >= 0.6 is 0 Å². The summed E-state index contributed by atoms with van der Waals surface area (Å²) in [6.45, 7) is 2.88. The molecule has 0 aliphatic carbocycles. The average molecular weight is 293 g/mol. The third-order valence-corrected chi connectivity index (χ3v) is 3.64. The fourth-order valence-corrected chi connectivity index (χ4v) is 2.42. The Morgan fingerprint density at radius 2 is 2.29 bits per heavy atom. The summed E-state index contributed by atoms with van der Waals surface area (Å²) in [7, 11) is 1.44. The average Bonchev–Trinajstić information content (AvgIpc) is 2.47. The van der Waals surface area contributed by atoms with Gasteiger partial charge in [-0.05, 0) is 37.4 Å². The number of carbonyl (C=O) groups is 1. The maximum absolute atomic E-state index is 12.2. The summed E-state index contributed by atoms with van der Waals surface area (Å²) < 4.78 is 4.97. The maximum Gasteiger partial charge on any atom is 0.296 e. The molecule has 2 N–H and O–H groups in total. The smallest absolute Gasteiger partial charge is 0.296 e. The van der Waals surface area contributed by atoms with Gasteiger partial charge in [-0.3, -0.25) is 14.9 Å². The van der Waals surface area contributed by atoms with E-state index in [0.29, 0.717) is 11.7 Å². The van der Waals surface area contributed by atoms with Crippen molar-refractivity contribution < 1.29 is 14.5 Å². The summed E-state index contributed by atoms with van der Waals surface area (Å²) >= 11 is 0. The molecule has 1 saturated heterocycles. The molecule has 0 bridgehead atoms. The first kappa shape index (κ1) is 15.2. The quantitative estimate of drug-likeness (QED) is 0.653. The summed E-state index contributed by atoms with van der Waals surface area (Å²) in [5.74, 6) is 0.604. The molecule has 0 aromatic heterocycles. The molecule has 1 fully saturated rings. The van der Waals surface area contributed by atoms with Crippen LogP contribution in [0.3, 0.4) is 0 Å². The lowest BCUT2D eigenvalue weighted by molar-refractivity contribution is -0.384. The van der Waals surface area contributed by atoms with Crippen molar-refractivity contribution in [3.05, 3.63) is 28.3 Å². The number of ether oxygens (including phenoxy) is 1. The minimum atomic E-state index is -0.533. The number of benzene rings is 1. The number of nitrogens with zero attached hydrogens (tertiary/aromatic N) is 1. The van der Waals surface area contributed by atoms with Gasteiger partial charge in [-0.25, -0.2) is 0 Å². The van der Waals surface area contributed by atoms with Gasteiger partial charge in [0.25, 0.3) is 5.69 Å². The predicted molar refractivity (Wildman–Crippen MR) is 78.5 cm³/mol. The minimum absolute atomic E-state index is 0.174. The third-order valence-electron chi connectivity index (χ3n) is 3.64. The molecule has 2 unspecified atom stereocenters. The lowest BCUT2D eigenvalue weighted by Crippen LogP contribution is -2.45. The number of nitro groups is 1. The zero-order chi connectivity index (χ0) is 15.4. The molecular weight excluding hydrogens is 274 g/mol. The highest BCUT2D eigenvalue weighted by molar-refractivity contribution is 5.96. The third kappa shape index (κ3) is 3.69. The Morgan fingerprint density at radius 1 is 1.52 bits per heavy atom. The summed E-state index contributed by atoms with van der Waals surface area (Å²) in [5.41, 5.74) is 0.0115. The molecule has 1 aliphatic heterocycles.